The highest BCUT2D eigenvalue weighted by atomic mass is 19.3. The van der Waals surface area contributed by atoms with Crippen molar-refractivity contribution in [2.45, 2.75) is 57.4 Å². The van der Waals surface area contributed by atoms with Gasteiger partial charge in [0, 0.05) is 25.7 Å². The Balaban J connectivity index is 1.33. The van der Waals surface area contributed by atoms with E-state index in [1.165, 1.54) is 43.4 Å². The van der Waals surface area contributed by atoms with Gasteiger partial charge < -0.3 is 4.90 Å². The minimum Gasteiger partial charge on any atom is -0.300 e. The molecular formula is C22H32F2N2. The number of alkyl halides is 2. The first kappa shape index (κ1) is 18.4. The molecule has 3 fully saturated rings. The average molecular weight is 363 g/mol. The van der Waals surface area contributed by atoms with Crippen LogP contribution in [0.5, 0.6) is 0 Å². The van der Waals surface area contributed by atoms with Gasteiger partial charge in [-0.05, 0) is 74.5 Å². The van der Waals surface area contributed by atoms with Crippen LogP contribution in [0, 0.1) is 11.8 Å². The lowest BCUT2D eigenvalue weighted by Gasteiger charge is -2.22. The molecule has 1 aliphatic carbocycles. The van der Waals surface area contributed by atoms with Crippen molar-refractivity contribution in [2.75, 3.05) is 32.7 Å². The van der Waals surface area contributed by atoms with Crippen LogP contribution in [0.3, 0.4) is 0 Å². The lowest BCUT2D eigenvalue weighted by atomic mass is 9.86. The van der Waals surface area contributed by atoms with Crippen molar-refractivity contribution in [3.63, 3.8) is 0 Å². The minimum atomic E-state index is -2.20. The highest BCUT2D eigenvalue weighted by molar-refractivity contribution is 5.28. The molecule has 2 heterocycles. The van der Waals surface area contributed by atoms with Gasteiger partial charge in [-0.2, -0.15) is 0 Å². The molecule has 0 N–H and O–H groups in total. The number of hydrogen-bond acceptors (Lipinski definition) is 2. The van der Waals surface area contributed by atoms with Gasteiger partial charge in [0.15, 0.2) is 0 Å². The normalized spacial score (nSPS) is 32.6. The molecule has 3 aliphatic rings. The maximum Gasteiger partial charge on any atom is 0.251 e. The van der Waals surface area contributed by atoms with E-state index in [0.717, 1.165) is 32.1 Å². The van der Waals surface area contributed by atoms with E-state index in [0.29, 0.717) is 17.8 Å². The Labute approximate surface area is 156 Å². The van der Waals surface area contributed by atoms with Crippen molar-refractivity contribution in [2.24, 2.45) is 11.8 Å². The number of hydrogen-bond donors (Lipinski definition) is 0. The Kier molecular flexibility index (Phi) is 5.61. The third-order valence-electron chi connectivity index (χ3n) is 7.11. The van der Waals surface area contributed by atoms with Crippen LogP contribution in [0.4, 0.5) is 8.78 Å². The first-order valence-electron chi connectivity index (χ1n) is 10.4. The number of rotatable bonds is 6. The largest absolute Gasteiger partial charge is 0.300 e. The smallest absolute Gasteiger partial charge is 0.251 e. The Morgan fingerprint density at radius 3 is 2.58 bits per heavy atom. The summed E-state index contributed by atoms with van der Waals surface area (Å²) >= 11 is 0. The van der Waals surface area contributed by atoms with Crippen LogP contribution in [0.2, 0.25) is 0 Å². The molecule has 144 valence electrons. The molecule has 0 aromatic heterocycles. The van der Waals surface area contributed by atoms with Crippen LogP contribution in [-0.2, 0) is 6.42 Å². The van der Waals surface area contributed by atoms with E-state index in [2.05, 4.69) is 36.1 Å². The van der Waals surface area contributed by atoms with Crippen LogP contribution in [0.1, 0.15) is 49.7 Å². The van der Waals surface area contributed by atoms with E-state index in [9.17, 15) is 8.78 Å². The van der Waals surface area contributed by atoms with Gasteiger partial charge in [-0.15, -0.1) is 0 Å². The summed E-state index contributed by atoms with van der Waals surface area (Å²) in [6.45, 7) is 6.43. The van der Waals surface area contributed by atoms with E-state index in [1.54, 1.807) is 0 Å². The van der Waals surface area contributed by atoms with Gasteiger partial charge in [0.25, 0.3) is 6.43 Å². The second kappa shape index (κ2) is 7.93. The lowest BCUT2D eigenvalue weighted by Crippen LogP contribution is -2.29. The number of likely N-dealkylation sites (tertiary alicyclic amines) is 2. The maximum absolute atomic E-state index is 12.7. The van der Waals surface area contributed by atoms with Gasteiger partial charge in [-0.25, -0.2) is 8.78 Å². The van der Waals surface area contributed by atoms with Gasteiger partial charge in [0.05, 0.1) is 6.54 Å². The molecule has 0 spiro atoms. The minimum absolute atomic E-state index is 0.0480. The fourth-order valence-electron chi connectivity index (χ4n) is 5.64. The van der Waals surface area contributed by atoms with Crippen molar-refractivity contribution in [3.8, 4) is 0 Å². The fraction of sp³-hybridized carbons (Fsp3) is 0.727. The predicted octanol–water partition coefficient (Wildman–Crippen LogP) is 4.40. The van der Waals surface area contributed by atoms with Gasteiger partial charge >= 0.3 is 0 Å². The molecule has 4 rings (SSSR count). The van der Waals surface area contributed by atoms with Crippen molar-refractivity contribution < 1.29 is 8.78 Å². The topological polar surface area (TPSA) is 6.48 Å². The zero-order chi connectivity index (χ0) is 18.1. The van der Waals surface area contributed by atoms with Crippen molar-refractivity contribution in [3.05, 3.63) is 35.4 Å². The van der Waals surface area contributed by atoms with E-state index >= 15 is 0 Å². The highest BCUT2D eigenvalue weighted by Crippen LogP contribution is 2.47. The van der Waals surface area contributed by atoms with Gasteiger partial charge in [0.1, 0.15) is 0 Å². The molecule has 2 saturated heterocycles. The van der Waals surface area contributed by atoms with Gasteiger partial charge in [-0.1, -0.05) is 24.3 Å². The third kappa shape index (κ3) is 3.96. The molecule has 0 radical (unpaired) electrons. The first-order chi connectivity index (χ1) is 12.6. The van der Waals surface area contributed by atoms with Gasteiger partial charge in [0.2, 0.25) is 0 Å². The van der Waals surface area contributed by atoms with Crippen LogP contribution < -0.4 is 0 Å². The standard InChI is InChI=1S/C22H32F2N2/c1-16-3-2-11-26(16)12-10-17-4-6-18(7-5-17)20-9-8-19-13-25(14-21(19)20)15-22(23)24/h4-7,16,19-22H,2-3,8-15H2,1H3/t16-,19-,20+,21+/m1/s1. The summed E-state index contributed by atoms with van der Waals surface area (Å²) < 4.78 is 25.4. The summed E-state index contributed by atoms with van der Waals surface area (Å²) in [5, 5.41) is 0. The quantitative estimate of drug-likeness (QED) is 0.740. The van der Waals surface area contributed by atoms with Crippen LogP contribution >= 0.6 is 0 Å². The Morgan fingerprint density at radius 2 is 1.88 bits per heavy atom. The fourth-order valence-corrected chi connectivity index (χ4v) is 5.64. The lowest BCUT2D eigenvalue weighted by molar-refractivity contribution is 0.0955. The maximum atomic E-state index is 12.7. The molecule has 2 aliphatic heterocycles. The monoisotopic (exact) mass is 362 g/mol. The Morgan fingerprint density at radius 1 is 1.08 bits per heavy atom. The molecule has 26 heavy (non-hydrogen) atoms. The third-order valence-corrected chi connectivity index (χ3v) is 7.11. The molecule has 4 atom stereocenters. The highest BCUT2D eigenvalue weighted by Gasteiger charge is 2.43. The second-order valence-electron chi connectivity index (χ2n) is 8.74. The Bertz CT molecular complexity index is 588. The molecule has 0 unspecified atom stereocenters. The zero-order valence-electron chi connectivity index (χ0n) is 15.9. The molecule has 0 amide bonds. The van der Waals surface area contributed by atoms with E-state index in [-0.39, 0.29) is 6.54 Å². The summed E-state index contributed by atoms with van der Waals surface area (Å²) in [5.41, 5.74) is 2.85. The predicted molar refractivity (Wildman–Crippen MR) is 102 cm³/mol. The van der Waals surface area contributed by atoms with E-state index < -0.39 is 6.43 Å². The molecule has 2 nitrogen and oxygen atoms in total. The molecule has 1 saturated carbocycles. The number of fused-ring (bicyclic) bond motifs is 1. The van der Waals surface area contributed by atoms with Gasteiger partial charge in [-0.3, -0.25) is 4.90 Å². The van der Waals surface area contributed by atoms with Crippen molar-refractivity contribution in [1.29, 1.82) is 0 Å². The Hall–Kier alpha value is -1.00. The molecule has 1 aromatic carbocycles. The summed E-state index contributed by atoms with van der Waals surface area (Å²) in [4.78, 5) is 4.59. The van der Waals surface area contributed by atoms with Crippen molar-refractivity contribution in [1.82, 2.24) is 9.80 Å². The van der Waals surface area contributed by atoms with Crippen LogP contribution in [0.15, 0.2) is 24.3 Å². The first-order valence-corrected chi connectivity index (χ1v) is 10.4. The molecule has 0 bridgehead atoms. The number of halogens is 2. The van der Waals surface area contributed by atoms with Crippen molar-refractivity contribution >= 4 is 0 Å². The summed E-state index contributed by atoms with van der Waals surface area (Å²) in [6, 6.07) is 9.96. The molecule has 4 heteroatoms. The molecular weight excluding hydrogens is 330 g/mol. The number of benzene rings is 1. The van der Waals surface area contributed by atoms with E-state index in [1.807, 2.05) is 4.90 Å². The number of nitrogens with zero attached hydrogens (tertiary/aromatic N) is 2. The summed E-state index contributed by atoms with van der Waals surface area (Å²) in [6.07, 6.45) is 4.03. The van der Waals surface area contributed by atoms with Crippen LogP contribution in [-0.4, -0.2) is 55.0 Å². The van der Waals surface area contributed by atoms with Crippen LogP contribution in [0.25, 0.3) is 0 Å². The SMILES string of the molecule is C[C@@H]1CCCN1CCc1ccc([C@@H]2CC[C@@H]3CN(CC(F)F)C[C@@H]32)cc1. The average Bonchev–Trinajstić information content (AvgIpc) is 3.29. The van der Waals surface area contributed by atoms with E-state index in [4.69, 9.17) is 0 Å². The zero-order valence-corrected chi connectivity index (χ0v) is 15.9. The molecule has 1 aromatic rings. The summed E-state index contributed by atoms with van der Waals surface area (Å²) in [7, 11) is 0. The second-order valence-corrected chi connectivity index (χ2v) is 8.74. The summed E-state index contributed by atoms with van der Waals surface area (Å²) in [5.74, 6) is 1.76.